The molecule has 3 aliphatic rings. The van der Waals surface area contributed by atoms with Gasteiger partial charge in [-0.05, 0) is 74.3 Å². The second kappa shape index (κ2) is 6.58. The van der Waals surface area contributed by atoms with Gasteiger partial charge in [0.1, 0.15) is 0 Å². The molecule has 3 unspecified atom stereocenters. The Labute approximate surface area is 128 Å². The van der Waals surface area contributed by atoms with E-state index in [-0.39, 0.29) is 5.60 Å². The predicted molar refractivity (Wildman–Crippen MR) is 87.3 cm³/mol. The Morgan fingerprint density at radius 2 is 2.00 bits per heavy atom. The van der Waals surface area contributed by atoms with Crippen LogP contribution in [-0.2, 0) is 4.74 Å². The largest absolute Gasteiger partial charge is 0.375 e. The molecular weight excluding hydrogens is 266 g/mol. The Kier molecular flexibility index (Phi) is 4.99. The van der Waals surface area contributed by atoms with Crippen LogP contribution in [0.5, 0.6) is 0 Å². The Hall–Kier alpha value is 0.270. The van der Waals surface area contributed by atoms with Gasteiger partial charge in [-0.1, -0.05) is 13.8 Å². The maximum atomic E-state index is 6.26. The van der Waals surface area contributed by atoms with Gasteiger partial charge in [-0.25, -0.2) is 0 Å². The summed E-state index contributed by atoms with van der Waals surface area (Å²) in [6, 6.07) is 0.632. The number of ether oxygens (including phenoxy) is 1. The summed E-state index contributed by atoms with van der Waals surface area (Å²) >= 11 is 2.11. The highest BCUT2D eigenvalue weighted by atomic mass is 32.2. The summed E-state index contributed by atoms with van der Waals surface area (Å²) in [6.07, 6.45) is 8.20. The van der Waals surface area contributed by atoms with E-state index >= 15 is 0 Å². The summed E-state index contributed by atoms with van der Waals surface area (Å²) < 4.78 is 6.26. The summed E-state index contributed by atoms with van der Waals surface area (Å²) in [5, 5.41) is 3.65. The third-order valence-electron chi connectivity index (χ3n) is 5.81. The fraction of sp³-hybridized carbons (Fsp3) is 1.00. The molecule has 0 aromatic rings. The van der Waals surface area contributed by atoms with Gasteiger partial charge in [0, 0.05) is 12.6 Å². The molecule has 1 N–H and O–H groups in total. The van der Waals surface area contributed by atoms with Crippen molar-refractivity contribution in [1.29, 1.82) is 0 Å². The minimum absolute atomic E-state index is 0.278. The van der Waals surface area contributed by atoms with Crippen LogP contribution in [0.3, 0.4) is 0 Å². The molecule has 0 amide bonds. The van der Waals surface area contributed by atoms with Crippen LogP contribution in [-0.4, -0.2) is 36.3 Å². The van der Waals surface area contributed by atoms with E-state index in [0.717, 1.165) is 24.4 Å². The van der Waals surface area contributed by atoms with Crippen LogP contribution >= 0.6 is 11.8 Å². The lowest BCUT2D eigenvalue weighted by atomic mass is 9.62. The molecular formula is C17H31NOS. The monoisotopic (exact) mass is 297 g/mol. The van der Waals surface area contributed by atoms with Crippen molar-refractivity contribution in [3.05, 3.63) is 0 Å². The lowest BCUT2D eigenvalue weighted by molar-refractivity contribution is -0.122. The molecule has 1 aliphatic carbocycles. The summed E-state index contributed by atoms with van der Waals surface area (Å²) in [7, 11) is 0. The van der Waals surface area contributed by atoms with Gasteiger partial charge in [0.2, 0.25) is 0 Å². The van der Waals surface area contributed by atoms with Gasteiger partial charge in [0.15, 0.2) is 0 Å². The summed E-state index contributed by atoms with van der Waals surface area (Å²) in [4.78, 5) is 0. The second-order valence-corrected chi connectivity index (χ2v) is 8.69. The summed E-state index contributed by atoms with van der Waals surface area (Å²) in [5.74, 6) is 5.50. The van der Waals surface area contributed by atoms with Gasteiger partial charge in [-0.15, -0.1) is 0 Å². The Bertz CT molecular complexity index is 309. The third-order valence-corrected chi connectivity index (χ3v) is 6.79. The molecule has 1 spiro atoms. The Morgan fingerprint density at radius 1 is 1.20 bits per heavy atom. The normalized spacial score (nSPS) is 37.0. The second-order valence-electron chi connectivity index (χ2n) is 7.46. The minimum Gasteiger partial charge on any atom is -0.375 e. The SMILES string of the molecule is CC(C)NCC1CCC1C1CCOC2(CCSCC2)C1. The average Bonchev–Trinajstić information content (AvgIpc) is 2.38. The maximum Gasteiger partial charge on any atom is 0.0701 e. The highest BCUT2D eigenvalue weighted by molar-refractivity contribution is 7.99. The molecule has 2 heterocycles. The summed E-state index contributed by atoms with van der Waals surface area (Å²) in [6.45, 7) is 6.78. The van der Waals surface area contributed by atoms with E-state index in [1.165, 1.54) is 56.6 Å². The first kappa shape index (κ1) is 15.2. The molecule has 3 atom stereocenters. The van der Waals surface area contributed by atoms with Crippen LogP contribution in [0.4, 0.5) is 0 Å². The topological polar surface area (TPSA) is 21.3 Å². The maximum absolute atomic E-state index is 6.26. The van der Waals surface area contributed by atoms with Crippen molar-refractivity contribution in [1.82, 2.24) is 5.32 Å². The van der Waals surface area contributed by atoms with Crippen molar-refractivity contribution in [2.24, 2.45) is 17.8 Å². The fourth-order valence-electron chi connectivity index (χ4n) is 4.38. The molecule has 2 aliphatic heterocycles. The fourth-order valence-corrected chi connectivity index (χ4v) is 5.62. The van der Waals surface area contributed by atoms with Crippen molar-refractivity contribution in [3.63, 3.8) is 0 Å². The lowest BCUT2D eigenvalue weighted by Crippen LogP contribution is -2.48. The molecule has 2 nitrogen and oxygen atoms in total. The molecule has 0 aromatic carbocycles. The lowest BCUT2D eigenvalue weighted by Gasteiger charge is -2.50. The van der Waals surface area contributed by atoms with Crippen molar-refractivity contribution in [2.75, 3.05) is 24.7 Å². The Morgan fingerprint density at radius 3 is 2.65 bits per heavy atom. The molecule has 116 valence electrons. The molecule has 3 heteroatoms. The molecule has 3 fully saturated rings. The molecule has 20 heavy (non-hydrogen) atoms. The van der Waals surface area contributed by atoms with E-state index < -0.39 is 0 Å². The molecule has 2 saturated heterocycles. The highest BCUT2D eigenvalue weighted by Crippen LogP contribution is 2.48. The molecule has 0 aromatic heterocycles. The minimum atomic E-state index is 0.278. The smallest absolute Gasteiger partial charge is 0.0701 e. The molecule has 1 saturated carbocycles. The predicted octanol–water partition coefficient (Wildman–Crippen LogP) is 3.70. The number of thioether (sulfide) groups is 1. The van der Waals surface area contributed by atoms with Crippen molar-refractivity contribution in [2.45, 2.75) is 64.0 Å². The van der Waals surface area contributed by atoms with E-state index in [2.05, 4.69) is 30.9 Å². The first-order valence-corrected chi connectivity index (χ1v) is 9.79. The first-order chi connectivity index (χ1) is 9.69. The quantitative estimate of drug-likeness (QED) is 0.855. The standard InChI is InChI=1S/C17H31NOS/c1-13(2)18-12-15-3-4-16(15)14-5-8-19-17(11-14)6-9-20-10-7-17/h13-16,18H,3-12H2,1-2H3. The van der Waals surface area contributed by atoms with Gasteiger partial charge in [-0.3, -0.25) is 0 Å². The van der Waals surface area contributed by atoms with Crippen LogP contribution in [0, 0.1) is 17.8 Å². The summed E-state index contributed by atoms with van der Waals surface area (Å²) in [5.41, 5.74) is 0.278. The highest BCUT2D eigenvalue weighted by Gasteiger charge is 2.44. The van der Waals surface area contributed by atoms with Crippen molar-refractivity contribution in [3.8, 4) is 0 Å². The van der Waals surface area contributed by atoms with E-state index in [9.17, 15) is 0 Å². The third kappa shape index (κ3) is 3.36. The van der Waals surface area contributed by atoms with Crippen LogP contribution in [0.1, 0.15) is 52.4 Å². The van der Waals surface area contributed by atoms with E-state index in [4.69, 9.17) is 4.74 Å². The molecule has 0 radical (unpaired) electrons. The van der Waals surface area contributed by atoms with Crippen LogP contribution in [0.25, 0.3) is 0 Å². The van der Waals surface area contributed by atoms with E-state index in [0.29, 0.717) is 6.04 Å². The number of nitrogens with one attached hydrogen (secondary N) is 1. The van der Waals surface area contributed by atoms with Crippen molar-refractivity contribution < 1.29 is 4.74 Å². The van der Waals surface area contributed by atoms with Gasteiger partial charge in [-0.2, -0.15) is 11.8 Å². The number of hydrogen-bond donors (Lipinski definition) is 1. The molecule has 0 bridgehead atoms. The number of rotatable bonds is 4. The van der Waals surface area contributed by atoms with Crippen LogP contribution in [0.15, 0.2) is 0 Å². The zero-order chi connectivity index (χ0) is 14.0. The van der Waals surface area contributed by atoms with E-state index in [1.807, 2.05) is 0 Å². The average molecular weight is 298 g/mol. The van der Waals surface area contributed by atoms with E-state index in [1.54, 1.807) is 0 Å². The first-order valence-electron chi connectivity index (χ1n) is 8.64. The van der Waals surface area contributed by atoms with Gasteiger partial charge >= 0.3 is 0 Å². The van der Waals surface area contributed by atoms with Gasteiger partial charge < -0.3 is 10.1 Å². The molecule has 3 rings (SSSR count). The van der Waals surface area contributed by atoms with Gasteiger partial charge in [0.05, 0.1) is 5.60 Å². The van der Waals surface area contributed by atoms with Crippen molar-refractivity contribution >= 4 is 11.8 Å². The zero-order valence-corrected chi connectivity index (χ0v) is 14.0. The van der Waals surface area contributed by atoms with Crippen LogP contribution in [0.2, 0.25) is 0 Å². The Balaban J connectivity index is 1.54. The van der Waals surface area contributed by atoms with Crippen LogP contribution < -0.4 is 5.32 Å². The zero-order valence-electron chi connectivity index (χ0n) is 13.2. The number of hydrogen-bond acceptors (Lipinski definition) is 3. The van der Waals surface area contributed by atoms with Gasteiger partial charge in [0.25, 0.3) is 0 Å².